The maximum Gasteiger partial charge on any atom is 0.0103 e. The van der Waals surface area contributed by atoms with Crippen molar-refractivity contribution in [1.82, 2.24) is 0 Å². The lowest BCUT2D eigenvalue weighted by Gasteiger charge is -2.05. The second kappa shape index (κ2) is 3.67. The van der Waals surface area contributed by atoms with Crippen molar-refractivity contribution in [2.75, 3.05) is 5.75 Å². The lowest BCUT2D eigenvalue weighted by molar-refractivity contribution is 0.884. The van der Waals surface area contributed by atoms with Gasteiger partial charge >= 0.3 is 0 Å². The van der Waals surface area contributed by atoms with Crippen molar-refractivity contribution < 1.29 is 0 Å². The highest BCUT2D eigenvalue weighted by atomic mass is 32.1. The molecule has 0 heterocycles. The minimum absolute atomic E-state index is 0.524. The molecule has 0 aliphatic heterocycles. The molecule has 0 N–H and O–H groups in total. The van der Waals surface area contributed by atoms with Gasteiger partial charge in [0.15, 0.2) is 0 Å². The number of benzene rings is 1. The van der Waals surface area contributed by atoms with E-state index in [0.717, 1.165) is 5.75 Å². The summed E-state index contributed by atoms with van der Waals surface area (Å²) in [6.45, 7) is 2.16. The van der Waals surface area contributed by atoms with E-state index in [2.05, 4.69) is 31.2 Å². The third-order valence-electron chi connectivity index (χ3n) is 1.62. The smallest absolute Gasteiger partial charge is 0.0103 e. The van der Waals surface area contributed by atoms with Gasteiger partial charge in [0.2, 0.25) is 0 Å². The van der Waals surface area contributed by atoms with Crippen molar-refractivity contribution in [1.29, 1.82) is 0 Å². The Morgan fingerprint density at radius 1 is 1.30 bits per heavy atom. The molecule has 1 unspecified atom stereocenters. The van der Waals surface area contributed by atoms with Gasteiger partial charge in [0.1, 0.15) is 0 Å². The molecule has 1 aromatic carbocycles. The van der Waals surface area contributed by atoms with Crippen LogP contribution in [0.25, 0.3) is 0 Å². The maximum absolute atomic E-state index is 4.96. The van der Waals surface area contributed by atoms with E-state index in [9.17, 15) is 0 Å². The van der Waals surface area contributed by atoms with Gasteiger partial charge < -0.3 is 0 Å². The minimum atomic E-state index is 0.524. The lowest BCUT2D eigenvalue weighted by atomic mass is 10.0. The summed E-state index contributed by atoms with van der Waals surface area (Å²) in [7, 11) is 0. The molecule has 1 heteroatoms. The van der Waals surface area contributed by atoms with E-state index >= 15 is 0 Å². The molecule has 0 amide bonds. The Kier molecular flexibility index (Phi) is 2.82. The van der Waals surface area contributed by atoms with Crippen molar-refractivity contribution in [3.63, 3.8) is 0 Å². The molecule has 0 saturated heterocycles. The van der Waals surface area contributed by atoms with Crippen LogP contribution in [0.2, 0.25) is 0 Å². The molecule has 0 aliphatic rings. The summed E-state index contributed by atoms with van der Waals surface area (Å²) < 4.78 is 0. The highest BCUT2D eigenvalue weighted by Crippen LogP contribution is 2.14. The standard InChI is InChI=1S/C9H11S/c1-8(7-10)9-5-3-2-4-6-9/h2-6,8H,7H2,1H3. The Balaban J connectivity index is 2.75. The maximum atomic E-state index is 4.96. The molecule has 1 aromatic rings. The third kappa shape index (κ3) is 1.77. The monoisotopic (exact) mass is 151 g/mol. The van der Waals surface area contributed by atoms with Gasteiger partial charge in [-0.3, -0.25) is 0 Å². The summed E-state index contributed by atoms with van der Waals surface area (Å²) in [5.41, 5.74) is 1.34. The summed E-state index contributed by atoms with van der Waals surface area (Å²) in [6, 6.07) is 10.4. The molecule has 0 saturated carbocycles. The third-order valence-corrected chi connectivity index (χ3v) is 2.12. The van der Waals surface area contributed by atoms with E-state index in [-0.39, 0.29) is 0 Å². The lowest BCUT2D eigenvalue weighted by Crippen LogP contribution is -1.92. The molecule has 0 bridgehead atoms. The van der Waals surface area contributed by atoms with Crippen molar-refractivity contribution >= 4 is 12.6 Å². The van der Waals surface area contributed by atoms with Crippen molar-refractivity contribution in [2.45, 2.75) is 12.8 Å². The Bertz CT molecular complexity index is 181. The number of hydrogen-bond acceptors (Lipinski definition) is 0. The quantitative estimate of drug-likeness (QED) is 0.609. The van der Waals surface area contributed by atoms with Crippen molar-refractivity contribution in [3.8, 4) is 0 Å². The van der Waals surface area contributed by atoms with E-state index in [0.29, 0.717) is 5.92 Å². The molecule has 1 radical (unpaired) electrons. The summed E-state index contributed by atoms with van der Waals surface area (Å²) in [5, 5.41) is 0. The van der Waals surface area contributed by atoms with Gasteiger partial charge in [0.25, 0.3) is 0 Å². The Labute approximate surface area is 67.7 Å². The van der Waals surface area contributed by atoms with Gasteiger partial charge in [-0.15, -0.1) is 0 Å². The molecular formula is C9H11S. The highest BCUT2D eigenvalue weighted by molar-refractivity contribution is 7.80. The van der Waals surface area contributed by atoms with Crippen LogP contribution in [0.5, 0.6) is 0 Å². The van der Waals surface area contributed by atoms with Crippen LogP contribution in [0.15, 0.2) is 30.3 Å². The van der Waals surface area contributed by atoms with Gasteiger partial charge in [0.05, 0.1) is 0 Å². The molecule has 10 heavy (non-hydrogen) atoms. The van der Waals surface area contributed by atoms with E-state index in [1.165, 1.54) is 5.56 Å². The van der Waals surface area contributed by atoms with Crippen LogP contribution in [-0.2, 0) is 0 Å². The van der Waals surface area contributed by atoms with E-state index < -0.39 is 0 Å². The Hall–Kier alpha value is -0.430. The van der Waals surface area contributed by atoms with Crippen LogP contribution in [-0.4, -0.2) is 5.75 Å². The van der Waals surface area contributed by atoms with Crippen LogP contribution >= 0.6 is 12.6 Å². The highest BCUT2D eigenvalue weighted by Gasteiger charge is 1.99. The molecule has 0 aliphatic carbocycles. The van der Waals surface area contributed by atoms with E-state index in [1.54, 1.807) is 0 Å². The van der Waals surface area contributed by atoms with Gasteiger partial charge in [0, 0.05) is 5.75 Å². The summed E-state index contributed by atoms with van der Waals surface area (Å²) in [4.78, 5) is 0. The number of hydrogen-bond donors (Lipinski definition) is 0. The molecule has 0 aromatic heterocycles. The van der Waals surface area contributed by atoms with Gasteiger partial charge in [-0.2, -0.15) is 0 Å². The molecule has 53 valence electrons. The first-order chi connectivity index (χ1) is 4.84. The first kappa shape index (κ1) is 7.67. The average molecular weight is 151 g/mol. The van der Waals surface area contributed by atoms with Crippen molar-refractivity contribution in [3.05, 3.63) is 35.9 Å². The Morgan fingerprint density at radius 3 is 2.40 bits per heavy atom. The predicted octanol–water partition coefficient (Wildman–Crippen LogP) is 2.99. The molecule has 0 spiro atoms. The van der Waals surface area contributed by atoms with Gasteiger partial charge in [-0.05, 0) is 11.5 Å². The topological polar surface area (TPSA) is 0 Å². The fraction of sp³-hybridized carbons (Fsp3) is 0.333. The average Bonchev–Trinajstić information content (AvgIpc) is 2.05. The molecule has 1 rings (SSSR count). The first-order valence-corrected chi connectivity index (χ1v) is 4.05. The fourth-order valence-electron chi connectivity index (χ4n) is 0.878. The molecular weight excluding hydrogens is 140 g/mol. The summed E-state index contributed by atoms with van der Waals surface area (Å²) in [6.07, 6.45) is 0. The van der Waals surface area contributed by atoms with E-state index in [4.69, 9.17) is 12.6 Å². The van der Waals surface area contributed by atoms with E-state index in [1.807, 2.05) is 6.07 Å². The molecule has 0 nitrogen and oxygen atoms in total. The van der Waals surface area contributed by atoms with Crippen LogP contribution in [0.3, 0.4) is 0 Å². The zero-order valence-corrected chi connectivity index (χ0v) is 6.90. The van der Waals surface area contributed by atoms with Gasteiger partial charge in [-0.25, -0.2) is 0 Å². The van der Waals surface area contributed by atoms with Crippen LogP contribution in [0, 0.1) is 0 Å². The first-order valence-electron chi connectivity index (χ1n) is 3.47. The molecule has 1 atom stereocenters. The second-order valence-electron chi connectivity index (χ2n) is 2.48. The zero-order valence-electron chi connectivity index (χ0n) is 6.08. The Morgan fingerprint density at radius 2 is 1.90 bits per heavy atom. The normalized spacial score (nSPS) is 13.0. The fourth-order valence-corrected chi connectivity index (χ4v) is 1.07. The summed E-state index contributed by atoms with van der Waals surface area (Å²) in [5.74, 6) is 1.33. The zero-order chi connectivity index (χ0) is 7.40. The van der Waals surface area contributed by atoms with Gasteiger partial charge in [-0.1, -0.05) is 49.9 Å². The second-order valence-corrected chi connectivity index (χ2v) is 2.81. The van der Waals surface area contributed by atoms with Crippen LogP contribution in [0.4, 0.5) is 0 Å². The van der Waals surface area contributed by atoms with Crippen LogP contribution < -0.4 is 0 Å². The molecule has 0 fully saturated rings. The SMILES string of the molecule is CC(C[S])c1ccccc1. The largest absolute Gasteiger partial charge is 0.0935 e. The summed E-state index contributed by atoms with van der Waals surface area (Å²) >= 11 is 4.96. The minimum Gasteiger partial charge on any atom is -0.0935 e. The predicted molar refractivity (Wildman–Crippen MR) is 47.3 cm³/mol. The number of rotatable bonds is 2. The van der Waals surface area contributed by atoms with Crippen LogP contribution in [0.1, 0.15) is 18.4 Å². The van der Waals surface area contributed by atoms with Crippen molar-refractivity contribution in [2.24, 2.45) is 0 Å².